The van der Waals surface area contributed by atoms with Crippen LogP contribution in [0.3, 0.4) is 0 Å². The van der Waals surface area contributed by atoms with Crippen LogP contribution in [0.15, 0.2) is 24.3 Å². The van der Waals surface area contributed by atoms with Crippen molar-refractivity contribution in [2.75, 3.05) is 37.6 Å². The fraction of sp³-hybridized carbons (Fsp3) is 0.562. The summed E-state index contributed by atoms with van der Waals surface area (Å²) in [6, 6.07) is 5.63. The third-order valence-electron chi connectivity index (χ3n) is 4.24. The fourth-order valence-corrected chi connectivity index (χ4v) is 2.73. The van der Waals surface area contributed by atoms with E-state index in [0.717, 1.165) is 43.8 Å². The van der Waals surface area contributed by atoms with Gasteiger partial charge in [-0.2, -0.15) is 13.2 Å². The first-order chi connectivity index (χ1) is 10.9. The van der Waals surface area contributed by atoms with Gasteiger partial charge in [0.05, 0.1) is 12.1 Å². The van der Waals surface area contributed by atoms with Crippen molar-refractivity contribution < 1.29 is 18.0 Å². The van der Waals surface area contributed by atoms with E-state index in [1.165, 1.54) is 12.1 Å². The maximum atomic E-state index is 12.6. The van der Waals surface area contributed by atoms with E-state index in [-0.39, 0.29) is 5.91 Å². The summed E-state index contributed by atoms with van der Waals surface area (Å²) in [5, 5.41) is 2.96. The summed E-state index contributed by atoms with van der Waals surface area (Å²) in [6.07, 6.45) is -2.15. The number of amides is 1. The van der Waals surface area contributed by atoms with E-state index >= 15 is 0 Å². The van der Waals surface area contributed by atoms with Gasteiger partial charge in [0.2, 0.25) is 5.91 Å². The summed E-state index contributed by atoms with van der Waals surface area (Å²) in [4.78, 5) is 15.9. The number of hydrogen-bond acceptors (Lipinski definition) is 3. The Labute approximate surface area is 133 Å². The highest BCUT2D eigenvalue weighted by Gasteiger charge is 2.30. The largest absolute Gasteiger partial charge is 0.416 e. The lowest BCUT2D eigenvalue weighted by atomic mass is 10.1. The van der Waals surface area contributed by atoms with Crippen molar-refractivity contribution >= 4 is 11.6 Å². The van der Waals surface area contributed by atoms with Gasteiger partial charge in [-0.15, -0.1) is 0 Å². The lowest BCUT2D eigenvalue weighted by molar-refractivity contribution is -0.137. The van der Waals surface area contributed by atoms with E-state index in [1.807, 2.05) is 0 Å². The van der Waals surface area contributed by atoms with E-state index in [1.54, 1.807) is 0 Å². The van der Waals surface area contributed by atoms with Gasteiger partial charge < -0.3 is 10.2 Å². The number of nitrogens with one attached hydrogen (secondary N) is 1. The Morgan fingerprint density at radius 1 is 1.09 bits per heavy atom. The average Bonchev–Trinajstić information content (AvgIpc) is 3.31. The maximum absolute atomic E-state index is 12.6. The number of carbonyl (C=O) groups is 1. The van der Waals surface area contributed by atoms with Gasteiger partial charge in [-0.1, -0.05) is 0 Å². The number of hydrogen-bond donors (Lipinski definition) is 1. The molecule has 0 aromatic heterocycles. The Morgan fingerprint density at radius 3 is 2.22 bits per heavy atom. The molecular formula is C16H20F3N3O. The molecule has 23 heavy (non-hydrogen) atoms. The molecule has 0 atom stereocenters. The van der Waals surface area contributed by atoms with Crippen molar-refractivity contribution in [3.63, 3.8) is 0 Å². The Kier molecular flexibility index (Phi) is 4.48. The summed E-state index contributed by atoms with van der Waals surface area (Å²) >= 11 is 0. The normalized spacial score (nSPS) is 19.7. The first kappa shape index (κ1) is 16.1. The molecule has 0 spiro atoms. The van der Waals surface area contributed by atoms with Crippen LogP contribution in [0.4, 0.5) is 18.9 Å². The van der Waals surface area contributed by atoms with Crippen molar-refractivity contribution in [1.29, 1.82) is 0 Å². The van der Waals surface area contributed by atoms with Crippen LogP contribution >= 0.6 is 0 Å². The molecule has 4 nitrogen and oxygen atoms in total. The zero-order valence-electron chi connectivity index (χ0n) is 12.8. The third-order valence-corrected chi connectivity index (χ3v) is 4.24. The Morgan fingerprint density at radius 2 is 1.70 bits per heavy atom. The second kappa shape index (κ2) is 6.39. The molecule has 1 heterocycles. The molecule has 1 aliphatic carbocycles. The van der Waals surface area contributed by atoms with E-state index < -0.39 is 11.7 Å². The number of anilines is 1. The molecule has 2 aliphatic rings. The van der Waals surface area contributed by atoms with Gasteiger partial charge >= 0.3 is 6.18 Å². The van der Waals surface area contributed by atoms with Gasteiger partial charge in [-0.3, -0.25) is 9.69 Å². The molecule has 1 amide bonds. The molecule has 3 rings (SSSR count). The van der Waals surface area contributed by atoms with Crippen LogP contribution in [0.5, 0.6) is 0 Å². The molecule has 1 aromatic rings. The number of carbonyl (C=O) groups excluding carboxylic acids is 1. The van der Waals surface area contributed by atoms with Gasteiger partial charge in [0, 0.05) is 37.9 Å². The quantitative estimate of drug-likeness (QED) is 0.920. The minimum Gasteiger partial charge on any atom is -0.369 e. The van der Waals surface area contributed by atoms with Gasteiger partial charge in [0.25, 0.3) is 0 Å². The van der Waals surface area contributed by atoms with Crippen LogP contribution in [-0.4, -0.2) is 49.6 Å². The molecular weight excluding hydrogens is 307 g/mol. The van der Waals surface area contributed by atoms with Crippen LogP contribution in [-0.2, 0) is 11.0 Å². The Balaban J connectivity index is 1.49. The van der Waals surface area contributed by atoms with Crippen LogP contribution in [0.1, 0.15) is 18.4 Å². The lowest BCUT2D eigenvalue weighted by Crippen LogP contribution is -2.49. The number of alkyl halides is 3. The van der Waals surface area contributed by atoms with Crippen LogP contribution in [0.2, 0.25) is 0 Å². The van der Waals surface area contributed by atoms with Gasteiger partial charge in [0.15, 0.2) is 0 Å². The molecule has 7 heteroatoms. The van der Waals surface area contributed by atoms with Gasteiger partial charge in [0.1, 0.15) is 0 Å². The number of rotatable bonds is 4. The van der Waals surface area contributed by atoms with E-state index in [0.29, 0.717) is 25.7 Å². The fourth-order valence-electron chi connectivity index (χ4n) is 2.73. The molecule has 1 aromatic carbocycles. The zero-order chi connectivity index (χ0) is 16.4. The van der Waals surface area contributed by atoms with Crippen molar-refractivity contribution in [2.45, 2.75) is 25.1 Å². The molecule has 2 fully saturated rings. The second-order valence-electron chi connectivity index (χ2n) is 6.15. The molecule has 1 N–H and O–H groups in total. The molecule has 1 saturated heterocycles. The van der Waals surface area contributed by atoms with Crippen molar-refractivity contribution in [3.05, 3.63) is 29.8 Å². The number of halogens is 3. The summed E-state index contributed by atoms with van der Waals surface area (Å²) in [5.41, 5.74) is 0.164. The Bertz CT molecular complexity index is 547. The molecule has 1 aliphatic heterocycles. The topological polar surface area (TPSA) is 35.6 Å². The van der Waals surface area contributed by atoms with Crippen LogP contribution in [0.25, 0.3) is 0 Å². The van der Waals surface area contributed by atoms with Gasteiger partial charge in [-0.05, 0) is 37.1 Å². The highest BCUT2D eigenvalue weighted by molar-refractivity contribution is 5.78. The standard InChI is InChI=1S/C16H20F3N3O/c17-16(18,19)12-1-5-14(6-2-12)22-9-7-21(8-10-22)11-15(23)20-13-3-4-13/h1-2,5-6,13H,3-4,7-11H2,(H,20,23). The number of nitrogens with zero attached hydrogens (tertiary/aromatic N) is 2. The molecule has 1 saturated carbocycles. The molecule has 0 unspecified atom stereocenters. The van der Waals surface area contributed by atoms with Crippen molar-refractivity contribution in [3.8, 4) is 0 Å². The summed E-state index contributed by atoms with van der Waals surface area (Å²) < 4.78 is 37.7. The smallest absolute Gasteiger partial charge is 0.369 e. The van der Waals surface area contributed by atoms with Crippen LogP contribution < -0.4 is 10.2 Å². The second-order valence-corrected chi connectivity index (χ2v) is 6.15. The van der Waals surface area contributed by atoms with Gasteiger partial charge in [-0.25, -0.2) is 0 Å². The molecule has 126 valence electrons. The highest BCUT2D eigenvalue weighted by atomic mass is 19.4. The van der Waals surface area contributed by atoms with E-state index in [4.69, 9.17) is 0 Å². The zero-order valence-corrected chi connectivity index (χ0v) is 12.8. The Hall–Kier alpha value is -1.76. The number of benzene rings is 1. The predicted octanol–water partition coefficient (Wildman–Crippen LogP) is 2.11. The van der Waals surface area contributed by atoms with Crippen molar-refractivity contribution in [2.24, 2.45) is 0 Å². The summed E-state index contributed by atoms with van der Waals surface area (Å²) in [6.45, 7) is 3.29. The predicted molar refractivity (Wildman–Crippen MR) is 81.3 cm³/mol. The molecule has 0 bridgehead atoms. The first-order valence-electron chi connectivity index (χ1n) is 7.86. The van der Waals surface area contributed by atoms with Crippen LogP contribution in [0, 0.1) is 0 Å². The van der Waals surface area contributed by atoms with E-state index in [9.17, 15) is 18.0 Å². The monoisotopic (exact) mass is 327 g/mol. The lowest BCUT2D eigenvalue weighted by Gasteiger charge is -2.35. The summed E-state index contributed by atoms with van der Waals surface area (Å²) in [7, 11) is 0. The highest BCUT2D eigenvalue weighted by Crippen LogP contribution is 2.30. The number of piperazine rings is 1. The average molecular weight is 327 g/mol. The summed E-state index contributed by atoms with van der Waals surface area (Å²) in [5.74, 6) is 0.0653. The van der Waals surface area contributed by atoms with E-state index in [2.05, 4.69) is 15.1 Å². The molecule has 0 radical (unpaired) electrons. The third kappa shape index (κ3) is 4.37. The minimum absolute atomic E-state index is 0.0653. The SMILES string of the molecule is O=C(CN1CCN(c2ccc(C(F)(F)F)cc2)CC1)NC1CC1. The maximum Gasteiger partial charge on any atom is 0.416 e. The minimum atomic E-state index is -4.30. The first-order valence-corrected chi connectivity index (χ1v) is 7.86. The van der Waals surface area contributed by atoms with Crippen molar-refractivity contribution in [1.82, 2.24) is 10.2 Å².